The Balaban J connectivity index is -0.0000000650. The number of nitrogens with zero attached hydrogens (tertiary/aromatic N) is 4. The number of hydrogen-bond acceptors (Lipinski definition) is 4. The highest BCUT2D eigenvalue weighted by atomic mass is 15.4. The van der Waals surface area contributed by atoms with Crippen LogP contribution in [0.5, 0.6) is 0 Å². The highest BCUT2D eigenvalue weighted by Crippen LogP contribution is 1.75. The van der Waals surface area contributed by atoms with Crippen molar-refractivity contribution in [2.75, 3.05) is 0 Å². The predicted molar refractivity (Wildman–Crippen MR) is 67.4 cm³/mol. The van der Waals surface area contributed by atoms with Gasteiger partial charge in [-0.25, -0.2) is 0 Å². The summed E-state index contributed by atoms with van der Waals surface area (Å²) in [7, 11) is 0. The van der Waals surface area contributed by atoms with Gasteiger partial charge in [-0.1, -0.05) is 0 Å². The molecule has 0 spiro atoms. The van der Waals surface area contributed by atoms with E-state index in [2.05, 4.69) is 73.3 Å². The van der Waals surface area contributed by atoms with Gasteiger partial charge in [0.1, 0.15) is 0 Å². The third-order valence-electron chi connectivity index (χ3n) is 0.539. The summed E-state index contributed by atoms with van der Waals surface area (Å²) in [6.45, 7) is 25.8. The summed E-state index contributed by atoms with van der Waals surface area (Å²) in [5, 5.41) is 13.5. The van der Waals surface area contributed by atoms with Gasteiger partial charge in [0.2, 0.25) is 0 Å². The van der Waals surface area contributed by atoms with E-state index in [1.807, 2.05) is 6.92 Å². The van der Waals surface area contributed by atoms with Gasteiger partial charge >= 0.3 is 0 Å². The SMILES string of the molecule is C=C.C=C.C=C.C=C.Cc1cnnnn1. The van der Waals surface area contributed by atoms with E-state index in [-0.39, 0.29) is 0 Å². The van der Waals surface area contributed by atoms with Crippen LogP contribution < -0.4 is 0 Å². The monoisotopic (exact) mass is 208 g/mol. The van der Waals surface area contributed by atoms with Crippen LogP contribution in [0.25, 0.3) is 0 Å². The fourth-order valence-corrected chi connectivity index (χ4v) is 0.249. The van der Waals surface area contributed by atoms with E-state index in [0.717, 1.165) is 5.69 Å². The van der Waals surface area contributed by atoms with E-state index in [1.165, 1.54) is 0 Å². The van der Waals surface area contributed by atoms with Crippen molar-refractivity contribution in [1.82, 2.24) is 20.6 Å². The van der Waals surface area contributed by atoms with Crippen molar-refractivity contribution in [1.29, 1.82) is 0 Å². The molecule has 0 aliphatic rings. The third kappa shape index (κ3) is 33.5. The minimum atomic E-state index is 0.787. The highest BCUT2D eigenvalue weighted by Gasteiger charge is 1.77. The van der Waals surface area contributed by atoms with Crippen LogP contribution in [0.3, 0.4) is 0 Å². The average Bonchev–Trinajstić information content (AvgIpc) is 2.40. The molecule has 0 aliphatic heterocycles. The molecule has 4 heteroatoms. The van der Waals surface area contributed by atoms with E-state index in [9.17, 15) is 0 Å². The molecule has 0 saturated carbocycles. The molecule has 0 atom stereocenters. The van der Waals surface area contributed by atoms with Crippen LogP contribution in [0.2, 0.25) is 0 Å². The fraction of sp³-hybridized carbons (Fsp3) is 0.0909. The number of aromatic nitrogens is 4. The highest BCUT2D eigenvalue weighted by molar-refractivity contribution is 4.81. The lowest BCUT2D eigenvalue weighted by Gasteiger charge is -1.78. The summed E-state index contributed by atoms with van der Waals surface area (Å²) < 4.78 is 0. The molecule has 0 aliphatic carbocycles. The summed E-state index contributed by atoms with van der Waals surface area (Å²) in [6.07, 6.45) is 1.55. The topological polar surface area (TPSA) is 51.6 Å². The Bertz CT molecular complexity index is 181. The van der Waals surface area contributed by atoms with Gasteiger partial charge in [-0.05, 0) is 17.4 Å². The fourth-order valence-electron chi connectivity index (χ4n) is 0.249. The van der Waals surface area contributed by atoms with Gasteiger partial charge in [-0.2, -0.15) is 0 Å². The molecule has 4 nitrogen and oxygen atoms in total. The molecule has 0 saturated heterocycles. The number of aryl methyl sites for hydroxylation is 1. The van der Waals surface area contributed by atoms with Gasteiger partial charge < -0.3 is 0 Å². The summed E-state index contributed by atoms with van der Waals surface area (Å²) >= 11 is 0. The standard InChI is InChI=1S/C3H4N4.4C2H4/c1-3-2-4-6-7-5-3;4*1-2/h2H,1H3;4*1-2H2. The van der Waals surface area contributed by atoms with Gasteiger partial charge in [0.25, 0.3) is 0 Å². The third-order valence-corrected chi connectivity index (χ3v) is 0.539. The van der Waals surface area contributed by atoms with Crippen LogP contribution in [-0.2, 0) is 0 Å². The van der Waals surface area contributed by atoms with Crippen molar-refractivity contribution in [2.45, 2.75) is 6.92 Å². The second-order valence-electron chi connectivity index (χ2n) is 1.16. The second kappa shape index (κ2) is 40.6. The van der Waals surface area contributed by atoms with Gasteiger partial charge in [0.15, 0.2) is 0 Å². The van der Waals surface area contributed by atoms with Crippen LogP contribution >= 0.6 is 0 Å². The van der Waals surface area contributed by atoms with Gasteiger partial charge in [0, 0.05) is 0 Å². The molecule has 1 aromatic rings. The lowest BCUT2D eigenvalue weighted by molar-refractivity contribution is 0.742. The predicted octanol–water partition coefficient (Wildman–Crippen LogP) is 2.78. The maximum absolute atomic E-state index is 3.56. The van der Waals surface area contributed by atoms with Crippen molar-refractivity contribution in [2.24, 2.45) is 0 Å². The first-order valence-electron chi connectivity index (χ1n) is 3.87. The van der Waals surface area contributed by atoms with Crippen LogP contribution in [-0.4, -0.2) is 20.6 Å². The van der Waals surface area contributed by atoms with E-state index < -0.39 is 0 Å². The Labute approximate surface area is 92.8 Å². The Kier molecular flexibility index (Phi) is 62.4. The molecule has 84 valence electrons. The minimum Gasteiger partial charge on any atom is -0.135 e. The molecule has 0 unspecified atom stereocenters. The lowest BCUT2D eigenvalue weighted by Crippen LogP contribution is -1.90. The molecule has 0 bridgehead atoms. The van der Waals surface area contributed by atoms with Gasteiger partial charge in [-0.3, -0.25) is 0 Å². The van der Waals surface area contributed by atoms with Crippen molar-refractivity contribution < 1.29 is 0 Å². The summed E-state index contributed by atoms with van der Waals surface area (Å²) in [4.78, 5) is 0. The molecule has 0 fully saturated rings. The molecule has 0 amide bonds. The second-order valence-corrected chi connectivity index (χ2v) is 1.16. The van der Waals surface area contributed by atoms with E-state index in [0.29, 0.717) is 0 Å². The quantitative estimate of drug-likeness (QED) is 0.615. The first-order valence-corrected chi connectivity index (χ1v) is 3.87. The molecule has 0 radical (unpaired) electrons. The Hall–Kier alpha value is -2.10. The molecule has 1 heterocycles. The normalized spacial score (nSPS) is 5.13. The Morgan fingerprint density at radius 1 is 0.800 bits per heavy atom. The first-order chi connectivity index (χ1) is 7.39. The molecular weight excluding hydrogens is 188 g/mol. The van der Waals surface area contributed by atoms with Gasteiger partial charge in [0.05, 0.1) is 11.9 Å². The van der Waals surface area contributed by atoms with E-state index in [1.54, 1.807) is 6.20 Å². The molecule has 0 N–H and O–H groups in total. The lowest BCUT2D eigenvalue weighted by atomic mass is 10.6. The zero-order chi connectivity index (χ0) is 13.1. The Morgan fingerprint density at radius 3 is 1.33 bits per heavy atom. The molecule has 0 aromatic carbocycles. The van der Waals surface area contributed by atoms with Crippen LogP contribution in [0, 0.1) is 6.92 Å². The van der Waals surface area contributed by atoms with Crippen molar-refractivity contribution in [3.8, 4) is 0 Å². The maximum Gasteiger partial charge on any atom is 0.0820 e. The van der Waals surface area contributed by atoms with Crippen LogP contribution in [0.1, 0.15) is 5.69 Å². The van der Waals surface area contributed by atoms with Crippen LogP contribution in [0.15, 0.2) is 58.8 Å². The largest absolute Gasteiger partial charge is 0.135 e. The smallest absolute Gasteiger partial charge is 0.0820 e. The zero-order valence-electron chi connectivity index (χ0n) is 9.52. The van der Waals surface area contributed by atoms with E-state index in [4.69, 9.17) is 0 Å². The summed E-state index contributed by atoms with van der Waals surface area (Å²) in [5.41, 5.74) is 0.787. The number of hydrogen-bond donors (Lipinski definition) is 0. The first kappa shape index (κ1) is 23.1. The van der Waals surface area contributed by atoms with Crippen molar-refractivity contribution >= 4 is 0 Å². The average molecular weight is 208 g/mol. The summed E-state index contributed by atoms with van der Waals surface area (Å²) in [5.74, 6) is 0. The van der Waals surface area contributed by atoms with Crippen molar-refractivity contribution in [3.05, 3.63) is 64.5 Å². The minimum absolute atomic E-state index is 0.787. The summed E-state index contributed by atoms with van der Waals surface area (Å²) in [6, 6.07) is 0. The molecular formula is C11H20N4. The van der Waals surface area contributed by atoms with E-state index >= 15 is 0 Å². The molecule has 15 heavy (non-hydrogen) atoms. The number of rotatable bonds is 0. The maximum atomic E-state index is 3.56. The zero-order valence-corrected chi connectivity index (χ0v) is 9.52. The van der Waals surface area contributed by atoms with Crippen LogP contribution in [0.4, 0.5) is 0 Å². The van der Waals surface area contributed by atoms with Gasteiger partial charge in [-0.15, -0.1) is 62.8 Å². The molecule has 1 rings (SSSR count). The molecule has 1 aromatic heterocycles. The Morgan fingerprint density at radius 2 is 1.20 bits per heavy atom. The van der Waals surface area contributed by atoms with Crippen molar-refractivity contribution in [3.63, 3.8) is 0 Å².